The molecule has 1 heterocycles. The third kappa shape index (κ3) is 3.72. The first-order valence-electron chi connectivity index (χ1n) is 6.79. The maximum absolute atomic E-state index is 5.82. The van der Waals surface area contributed by atoms with E-state index in [1.807, 2.05) is 0 Å². The lowest BCUT2D eigenvalue weighted by Gasteiger charge is -2.20. The van der Waals surface area contributed by atoms with Crippen LogP contribution >= 0.6 is 0 Å². The van der Waals surface area contributed by atoms with Gasteiger partial charge in [0.05, 0.1) is 19.3 Å². The molecule has 0 spiro atoms. The Kier molecular flexibility index (Phi) is 5.07. The van der Waals surface area contributed by atoms with Crippen molar-refractivity contribution in [2.24, 2.45) is 5.92 Å². The van der Waals surface area contributed by atoms with Crippen molar-refractivity contribution in [3.63, 3.8) is 0 Å². The van der Waals surface area contributed by atoms with Gasteiger partial charge in [0, 0.05) is 19.2 Å². The number of rotatable bonds is 6. The SMILES string of the molecule is CC(NCCOC1CCCC1)C1CCOC1. The first-order chi connectivity index (χ1) is 7.86. The lowest BCUT2D eigenvalue weighted by Crippen LogP contribution is -2.36. The molecule has 0 radical (unpaired) electrons. The van der Waals surface area contributed by atoms with Crippen LogP contribution in [0.5, 0.6) is 0 Å². The summed E-state index contributed by atoms with van der Waals surface area (Å²) in [5.74, 6) is 0.700. The van der Waals surface area contributed by atoms with E-state index in [1.165, 1.54) is 32.1 Å². The molecule has 0 aromatic carbocycles. The predicted octanol–water partition coefficient (Wildman–Crippen LogP) is 1.96. The van der Waals surface area contributed by atoms with E-state index in [-0.39, 0.29) is 0 Å². The fraction of sp³-hybridized carbons (Fsp3) is 1.00. The minimum atomic E-state index is 0.548. The smallest absolute Gasteiger partial charge is 0.0594 e. The van der Waals surface area contributed by atoms with Crippen molar-refractivity contribution >= 4 is 0 Å². The second-order valence-corrected chi connectivity index (χ2v) is 5.14. The maximum atomic E-state index is 5.82. The van der Waals surface area contributed by atoms with Gasteiger partial charge in [-0.05, 0) is 32.1 Å². The van der Waals surface area contributed by atoms with Crippen LogP contribution in [0.2, 0.25) is 0 Å². The van der Waals surface area contributed by atoms with Crippen LogP contribution in [0.15, 0.2) is 0 Å². The minimum absolute atomic E-state index is 0.548. The molecule has 1 saturated carbocycles. The second-order valence-electron chi connectivity index (χ2n) is 5.14. The third-order valence-corrected chi connectivity index (χ3v) is 3.90. The molecular formula is C13H25NO2. The van der Waals surface area contributed by atoms with E-state index in [0.29, 0.717) is 18.1 Å². The Hall–Kier alpha value is -0.120. The van der Waals surface area contributed by atoms with Crippen molar-refractivity contribution in [3.05, 3.63) is 0 Å². The van der Waals surface area contributed by atoms with Gasteiger partial charge in [-0.25, -0.2) is 0 Å². The fourth-order valence-electron chi connectivity index (χ4n) is 2.68. The lowest BCUT2D eigenvalue weighted by atomic mass is 10.0. The summed E-state index contributed by atoms with van der Waals surface area (Å²) in [7, 11) is 0. The first kappa shape index (κ1) is 12.3. The summed E-state index contributed by atoms with van der Waals surface area (Å²) in [6.45, 7) is 5.97. The van der Waals surface area contributed by atoms with Gasteiger partial charge in [0.15, 0.2) is 0 Å². The Morgan fingerprint density at radius 2 is 2.12 bits per heavy atom. The van der Waals surface area contributed by atoms with Crippen molar-refractivity contribution in [2.75, 3.05) is 26.4 Å². The van der Waals surface area contributed by atoms with E-state index in [2.05, 4.69) is 12.2 Å². The molecule has 16 heavy (non-hydrogen) atoms. The molecule has 2 unspecified atom stereocenters. The fourth-order valence-corrected chi connectivity index (χ4v) is 2.68. The number of ether oxygens (including phenoxy) is 2. The van der Waals surface area contributed by atoms with Crippen LogP contribution < -0.4 is 5.32 Å². The quantitative estimate of drug-likeness (QED) is 0.704. The zero-order chi connectivity index (χ0) is 11.2. The standard InChI is InChI=1S/C13H25NO2/c1-11(12-6-8-15-10-12)14-7-9-16-13-4-2-3-5-13/h11-14H,2-10H2,1H3. The first-order valence-corrected chi connectivity index (χ1v) is 6.79. The molecule has 0 amide bonds. The Morgan fingerprint density at radius 3 is 2.81 bits per heavy atom. The summed E-state index contributed by atoms with van der Waals surface area (Å²) in [5, 5.41) is 3.54. The van der Waals surface area contributed by atoms with E-state index in [9.17, 15) is 0 Å². The van der Waals surface area contributed by atoms with Crippen LogP contribution in [0.4, 0.5) is 0 Å². The predicted molar refractivity (Wildman–Crippen MR) is 64.6 cm³/mol. The molecule has 3 nitrogen and oxygen atoms in total. The van der Waals surface area contributed by atoms with Crippen LogP contribution in [-0.4, -0.2) is 38.5 Å². The maximum Gasteiger partial charge on any atom is 0.0594 e. The molecule has 3 heteroatoms. The molecule has 2 fully saturated rings. The average Bonchev–Trinajstić information content (AvgIpc) is 2.96. The van der Waals surface area contributed by atoms with Gasteiger partial charge >= 0.3 is 0 Å². The zero-order valence-electron chi connectivity index (χ0n) is 10.4. The van der Waals surface area contributed by atoms with E-state index >= 15 is 0 Å². The highest BCUT2D eigenvalue weighted by Gasteiger charge is 2.21. The van der Waals surface area contributed by atoms with Gasteiger partial charge in [-0.2, -0.15) is 0 Å². The van der Waals surface area contributed by atoms with E-state index in [4.69, 9.17) is 9.47 Å². The molecule has 1 aliphatic carbocycles. The van der Waals surface area contributed by atoms with Gasteiger partial charge in [0.2, 0.25) is 0 Å². The molecule has 1 N–H and O–H groups in total. The molecule has 94 valence electrons. The molecule has 2 aliphatic rings. The number of hydrogen-bond acceptors (Lipinski definition) is 3. The van der Waals surface area contributed by atoms with Gasteiger partial charge in [0.25, 0.3) is 0 Å². The van der Waals surface area contributed by atoms with Crippen LogP contribution in [0.25, 0.3) is 0 Å². The van der Waals surface area contributed by atoms with Crippen molar-refractivity contribution in [1.29, 1.82) is 0 Å². The molecule has 2 atom stereocenters. The largest absolute Gasteiger partial charge is 0.381 e. The van der Waals surface area contributed by atoms with Crippen molar-refractivity contribution in [3.8, 4) is 0 Å². The lowest BCUT2D eigenvalue weighted by molar-refractivity contribution is 0.0582. The van der Waals surface area contributed by atoms with Crippen LogP contribution in [0.3, 0.4) is 0 Å². The Morgan fingerprint density at radius 1 is 1.31 bits per heavy atom. The summed E-state index contributed by atoms with van der Waals surface area (Å²) in [6, 6.07) is 0.565. The molecule has 0 aromatic rings. The summed E-state index contributed by atoms with van der Waals surface area (Å²) < 4.78 is 11.2. The van der Waals surface area contributed by atoms with E-state index in [0.717, 1.165) is 26.4 Å². The van der Waals surface area contributed by atoms with Crippen LogP contribution in [-0.2, 0) is 9.47 Å². The van der Waals surface area contributed by atoms with Gasteiger partial charge in [0.1, 0.15) is 0 Å². The van der Waals surface area contributed by atoms with Gasteiger partial charge in [-0.3, -0.25) is 0 Å². The molecule has 2 rings (SSSR count). The normalized spacial score (nSPS) is 28.7. The third-order valence-electron chi connectivity index (χ3n) is 3.90. The Balaban J connectivity index is 1.50. The Bertz CT molecular complexity index is 186. The second kappa shape index (κ2) is 6.58. The molecule has 0 aromatic heterocycles. The molecule has 0 bridgehead atoms. The topological polar surface area (TPSA) is 30.5 Å². The van der Waals surface area contributed by atoms with E-state index < -0.39 is 0 Å². The van der Waals surface area contributed by atoms with Crippen molar-refractivity contribution < 1.29 is 9.47 Å². The minimum Gasteiger partial charge on any atom is -0.381 e. The zero-order valence-corrected chi connectivity index (χ0v) is 10.4. The summed E-state index contributed by atoms with van der Waals surface area (Å²) >= 11 is 0. The van der Waals surface area contributed by atoms with E-state index in [1.54, 1.807) is 0 Å². The van der Waals surface area contributed by atoms with Crippen LogP contribution in [0, 0.1) is 5.92 Å². The van der Waals surface area contributed by atoms with Crippen molar-refractivity contribution in [1.82, 2.24) is 5.32 Å². The van der Waals surface area contributed by atoms with Gasteiger partial charge in [-0.1, -0.05) is 12.8 Å². The highest BCUT2D eigenvalue weighted by atomic mass is 16.5. The summed E-state index contributed by atoms with van der Waals surface area (Å²) in [5.41, 5.74) is 0. The molecular weight excluding hydrogens is 202 g/mol. The van der Waals surface area contributed by atoms with Crippen LogP contribution in [0.1, 0.15) is 39.0 Å². The van der Waals surface area contributed by atoms with Gasteiger partial charge in [-0.15, -0.1) is 0 Å². The molecule has 1 saturated heterocycles. The Labute approximate surface area is 98.9 Å². The average molecular weight is 227 g/mol. The number of hydrogen-bond donors (Lipinski definition) is 1. The summed E-state index contributed by atoms with van der Waals surface area (Å²) in [6.07, 6.45) is 7.00. The highest BCUT2D eigenvalue weighted by molar-refractivity contribution is 4.75. The van der Waals surface area contributed by atoms with Gasteiger partial charge < -0.3 is 14.8 Å². The monoisotopic (exact) mass is 227 g/mol. The molecule has 1 aliphatic heterocycles. The highest BCUT2D eigenvalue weighted by Crippen LogP contribution is 2.20. The van der Waals surface area contributed by atoms with Crippen molar-refractivity contribution in [2.45, 2.75) is 51.2 Å². The summed E-state index contributed by atoms with van der Waals surface area (Å²) in [4.78, 5) is 0. The number of nitrogens with one attached hydrogen (secondary N) is 1.